The summed E-state index contributed by atoms with van der Waals surface area (Å²) >= 11 is 0. The van der Waals surface area contributed by atoms with E-state index in [9.17, 15) is 9.59 Å². The van der Waals surface area contributed by atoms with E-state index in [0.717, 1.165) is 0 Å². The highest BCUT2D eigenvalue weighted by Crippen LogP contribution is 2.04. The third kappa shape index (κ3) is 2.57. The van der Waals surface area contributed by atoms with E-state index in [1.807, 2.05) is 0 Å². The van der Waals surface area contributed by atoms with Gasteiger partial charge in [-0.25, -0.2) is 0 Å². The van der Waals surface area contributed by atoms with Gasteiger partial charge in [-0.2, -0.15) is 9.90 Å². The Bertz CT molecular complexity index is 605. The summed E-state index contributed by atoms with van der Waals surface area (Å²) in [6.07, 6.45) is 2.84. The van der Waals surface area contributed by atoms with Crippen LogP contribution in [0, 0.1) is 0 Å². The van der Waals surface area contributed by atoms with Crippen LogP contribution in [-0.2, 0) is 6.54 Å². The number of hydrogen-bond acceptors (Lipinski definition) is 5. The average molecular weight is 245 g/mol. The van der Waals surface area contributed by atoms with Gasteiger partial charge in [-0.05, 0) is 19.1 Å². The summed E-state index contributed by atoms with van der Waals surface area (Å²) in [7, 11) is 0. The first-order valence-corrected chi connectivity index (χ1v) is 5.22. The molecule has 0 atom stereocenters. The first kappa shape index (κ1) is 11.9. The molecule has 0 radical (unpaired) electrons. The molecule has 0 saturated heterocycles. The number of ketones is 1. The van der Waals surface area contributed by atoms with Crippen LogP contribution < -0.4 is 5.73 Å². The Labute approximate surface area is 103 Å². The second-order valence-corrected chi connectivity index (χ2v) is 3.72. The molecule has 2 rings (SSSR count). The highest BCUT2D eigenvalue weighted by Gasteiger charge is 2.07. The highest BCUT2D eigenvalue weighted by molar-refractivity contribution is 5.94. The molecular weight excluding hydrogens is 234 g/mol. The molecule has 0 spiro atoms. The maximum absolute atomic E-state index is 11.2. The molecule has 18 heavy (non-hydrogen) atoms. The van der Waals surface area contributed by atoms with Crippen molar-refractivity contribution in [2.45, 2.75) is 13.5 Å². The smallest absolute Gasteiger partial charge is 0.270 e. The van der Waals surface area contributed by atoms with Crippen LogP contribution >= 0.6 is 0 Å². The van der Waals surface area contributed by atoms with Gasteiger partial charge in [0.1, 0.15) is 6.54 Å². The van der Waals surface area contributed by atoms with Gasteiger partial charge in [-0.15, -0.1) is 5.10 Å². The van der Waals surface area contributed by atoms with Gasteiger partial charge in [0.2, 0.25) is 0 Å². The molecule has 7 heteroatoms. The molecule has 0 aliphatic heterocycles. The second-order valence-electron chi connectivity index (χ2n) is 3.72. The summed E-state index contributed by atoms with van der Waals surface area (Å²) in [5.74, 6) is -0.670. The van der Waals surface area contributed by atoms with Crippen LogP contribution in [0.1, 0.15) is 33.5 Å². The minimum absolute atomic E-state index is 0.0371. The zero-order valence-corrected chi connectivity index (χ0v) is 9.70. The number of amides is 1. The Morgan fingerprint density at radius 3 is 2.83 bits per heavy atom. The average Bonchev–Trinajstić information content (AvgIpc) is 2.78. The zero-order chi connectivity index (χ0) is 13.1. The summed E-state index contributed by atoms with van der Waals surface area (Å²) in [6.45, 7) is 1.75. The largest absolute Gasteiger partial charge is 0.364 e. The molecular formula is C11H11N5O2. The lowest BCUT2D eigenvalue weighted by molar-refractivity contribution is 0.0992. The van der Waals surface area contributed by atoms with E-state index < -0.39 is 5.91 Å². The minimum Gasteiger partial charge on any atom is -0.364 e. The van der Waals surface area contributed by atoms with Crippen molar-refractivity contribution in [3.8, 4) is 0 Å². The van der Waals surface area contributed by atoms with Crippen molar-refractivity contribution in [1.29, 1.82) is 0 Å². The lowest BCUT2D eigenvalue weighted by Crippen LogP contribution is -2.13. The Balaban J connectivity index is 2.20. The number of carbonyl (C=O) groups excluding carboxylic acids is 2. The van der Waals surface area contributed by atoms with Crippen molar-refractivity contribution < 1.29 is 9.59 Å². The molecule has 0 saturated carbocycles. The maximum atomic E-state index is 11.2. The fourth-order valence-corrected chi connectivity index (χ4v) is 1.41. The number of aromatic nitrogens is 4. The number of nitrogens with zero attached hydrogens (tertiary/aromatic N) is 4. The number of nitrogens with two attached hydrogens (primary N) is 1. The van der Waals surface area contributed by atoms with E-state index >= 15 is 0 Å². The third-order valence-electron chi connectivity index (χ3n) is 2.32. The summed E-state index contributed by atoms with van der Waals surface area (Å²) < 4.78 is 0. The van der Waals surface area contributed by atoms with Gasteiger partial charge in [-0.3, -0.25) is 14.6 Å². The fraction of sp³-hybridized carbons (Fsp3) is 0.182. The van der Waals surface area contributed by atoms with Gasteiger partial charge < -0.3 is 5.73 Å². The van der Waals surface area contributed by atoms with E-state index in [1.54, 1.807) is 18.3 Å². The quantitative estimate of drug-likeness (QED) is 0.765. The lowest BCUT2D eigenvalue weighted by Gasteiger charge is -2.01. The molecule has 92 valence electrons. The van der Waals surface area contributed by atoms with E-state index in [4.69, 9.17) is 5.73 Å². The van der Waals surface area contributed by atoms with Crippen LogP contribution in [0.25, 0.3) is 0 Å². The van der Waals surface area contributed by atoms with Gasteiger partial charge in [0.05, 0.1) is 11.9 Å². The predicted octanol–water partition coefficient (Wildman–Crippen LogP) is 0.0229. The number of carbonyl (C=O) groups is 2. The fourth-order valence-electron chi connectivity index (χ4n) is 1.41. The van der Waals surface area contributed by atoms with Crippen LogP contribution in [0.5, 0.6) is 0 Å². The summed E-state index contributed by atoms with van der Waals surface area (Å²) in [5.41, 5.74) is 6.37. The summed E-state index contributed by atoms with van der Waals surface area (Å²) in [5, 5.41) is 7.77. The van der Waals surface area contributed by atoms with Crippen LogP contribution in [0.15, 0.2) is 24.5 Å². The molecule has 0 unspecified atom stereocenters. The van der Waals surface area contributed by atoms with Crippen molar-refractivity contribution in [1.82, 2.24) is 20.0 Å². The van der Waals surface area contributed by atoms with Crippen LogP contribution in [0.2, 0.25) is 0 Å². The van der Waals surface area contributed by atoms with Crippen molar-refractivity contribution in [2.24, 2.45) is 5.73 Å². The molecule has 2 aromatic rings. The zero-order valence-electron chi connectivity index (χ0n) is 9.70. The number of rotatable bonds is 4. The molecule has 2 heterocycles. The number of pyridine rings is 1. The molecule has 2 aromatic heterocycles. The van der Waals surface area contributed by atoms with Gasteiger partial charge in [0, 0.05) is 11.8 Å². The van der Waals surface area contributed by atoms with Gasteiger partial charge in [-0.1, -0.05) is 0 Å². The van der Waals surface area contributed by atoms with Crippen molar-refractivity contribution in [2.75, 3.05) is 0 Å². The monoisotopic (exact) mass is 245 g/mol. The van der Waals surface area contributed by atoms with Crippen LogP contribution in [0.3, 0.4) is 0 Å². The van der Waals surface area contributed by atoms with E-state index in [0.29, 0.717) is 11.3 Å². The first-order chi connectivity index (χ1) is 8.56. The third-order valence-corrected chi connectivity index (χ3v) is 2.32. The second kappa shape index (κ2) is 4.74. The number of primary amides is 1. The van der Waals surface area contributed by atoms with Crippen LogP contribution in [0.4, 0.5) is 0 Å². The first-order valence-electron chi connectivity index (χ1n) is 5.22. The summed E-state index contributed by atoms with van der Waals surface area (Å²) in [4.78, 5) is 27.5. The van der Waals surface area contributed by atoms with Crippen molar-refractivity contribution >= 4 is 11.7 Å². The number of Topliss-reactive ketones (excluding diaryl/α,β-unsaturated/α-hetero) is 1. The number of hydrogen-bond donors (Lipinski definition) is 1. The Hall–Kier alpha value is -2.57. The molecule has 0 fully saturated rings. The lowest BCUT2D eigenvalue weighted by atomic mass is 10.2. The van der Waals surface area contributed by atoms with Gasteiger partial charge >= 0.3 is 0 Å². The SMILES string of the molecule is CC(=O)c1ccnc(Cn2ncc(C(N)=O)n2)c1. The molecule has 0 aliphatic carbocycles. The Kier molecular flexibility index (Phi) is 3.13. The van der Waals surface area contributed by atoms with Gasteiger partial charge in [0.15, 0.2) is 11.5 Å². The van der Waals surface area contributed by atoms with E-state index in [1.165, 1.54) is 17.9 Å². The van der Waals surface area contributed by atoms with Gasteiger partial charge in [0.25, 0.3) is 5.91 Å². The molecule has 2 N–H and O–H groups in total. The standard InChI is InChI=1S/C11H11N5O2/c1-7(17)8-2-3-13-9(4-8)6-16-14-5-10(15-16)11(12)18/h2-5H,6H2,1H3,(H2,12,18). The minimum atomic E-state index is -0.633. The normalized spacial score (nSPS) is 10.3. The molecule has 0 aliphatic rings. The molecule has 0 bridgehead atoms. The van der Waals surface area contributed by atoms with Crippen molar-refractivity contribution in [3.63, 3.8) is 0 Å². The molecule has 1 amide bonds. The summed E-state index contributed by atoms with van der Waals surface area (Å²) in [6, 6.07) is 3.30. The van der Waals surface area contributed by atoms with E-state index in [-0.39, 0.29) is 18.0 Å². The van der Waals surface area contributed by atoms with Crippen molar-refractivity contribution in [3.05, 3.63) is 41.5 Å². The van der Waals surface area contributed by atoms with E-state index in [2.05, 4.69) is 15.2 Å². The Morgan fingerprint density at radius 1 is 1.44 bits per heavy atom. The molecule has 0 aromatic carbocycles. The van der Waals surface area contributed by atoms with Crippen LogP contribution in [-0.4, -0.2) is 31.7 Å². The Morgan fingerprint density at radius 2 is 2.22 bits per heavy atom. The predicted molar refractivity (Wildman–Crippen MR) is 61.9 cm³/mol. The molecule has 7 nitrogen and oxygen atoms in total. The highest BCUT2D eigenvalue weighted by atomic mass is 16.1. The maximum Gasteiger partial charge on any atom is 0.270 e. The topological polar surface area (TPSA) is 104 Å².